The second-order valence-corrected chi connectivity index (χ2v) is 4.17. The number of hydrogen-bond donors (Lipinski definition) is 1. The van der Waals surface area contributed by atoms with Crippen LogP contribution in [0.25, 0.3) is 0 Å². The van der Waals surface area contributed by atoms with Crippen LogP contribution in [0.3, 0.4) is 0 Å². The van der Waals surface area contributed by atoms with Gasteiger partial charge in [-0.2, -0.15) is 0 Å². The molecule has 0 radical (unpaired) electrons. The lowest BCUT2D eigenvalue weighted by molar-refractivity contribution is -0.0680. The number of ether oxygens (including phenoxy) is 2. The summed E-state index contributed by atoms with van der Waals surface area (Å²) in [5, 5.41) is 3.28. The second kappa shape index (κ2) is 8.93. The van der Waals surface area contributed by atoms with E-state index < -0.39 is 0 Å². The van der Waals surface area contributed by atoms with Gasteiger partial charge in [0, 0.05) is 19.7 Å². The fourth-order valence-corrected chi connectivity index (χ4v) is 1.86. The highest BCUT2D eigenvalue weighted by atomic mass is 16.5. The SMILES string of the molecule is CCNCCCOC[C@H]1CN(CC)CCO1. The van der Waals surface area contributed by atoms with Crippen LogP contribution < -0.4 is 5.32 Å². The van der Waals surface area contributed by atoms with Gasteiger partial charge in [-0.3, -0.25) is 4.90 Å². The topological polar surface area (TPSA) is 33.7 Å². The third kappa shape index (κ3) is 5.80. The molecule has 0 saturated carbocycles. The lowest BCUT2D eigenvalue weighted by Gasteiger charge is -2.31. The summed E-state index contributed by atoms with van der Waals surface area (Å²) in [6.07, 6.45) is 1.35. The van der Waals surface area contributed by atoms with Crippen LogP contribution in [-0.2, 0) is 9.47 Å². The van der Waals surface area contributed by atoms with Gasteiger partial charge >= 0.3 is 0 Å². The van der Waals surface area contributed by atoms with Crippen LogP contribution in [-0.4, -0.2) is 63.5 Å². The van der Waals surface area contributed by atoms with Crippen LogP contribution in [0.15, 0.2) is 0 Å². The molecule has 0 bridgehead atoms. The zero-order valence-corrected chi connectivity index (χ0v) is 10.7. The summed E-state index contributed by atoms with van der Waals surface area (Å²) in [5.41, 5.74) is 0. The Labute approximate surface area is 99.3 Å². The summed E-state index contributed by atoms with van der Waals surface area (Å²) in [6.45, 7) is 12.0. The van der Waals surface area contributed by atoms with Crippen LogP contribution in [0.4, 0.5) is 0 Å². The lowest BCUT2D eigenvalue weighted by Crippen LogP contribution is -2.44. The molecule has 1 heterocycles. The van der Waals surface area contributed by atoms with Crippen LogP contribution in [0.1, 0.15) is 20.3 Å². The summed E-state index contributed by atoms with van der Waals surface area (Å²) in [7, 11) is 0. The first kappa shape index (κ1) is 13.9. The van der Waals surface area contributed by atoms with Crippen LogP contribution in [0.5, 0.6) is 0 Å². The molecule has 0 unspecified atom stereocenters. The zero-order chi connectivity index (χ0) is 11.6. The molecular weight excluding hydrogens is 204 g/mol. The largest absolute Gasteiger partial charge is 0.379 e. The summed E-state index contributed by atoms with van der Waals surface area (Å²) in [5.74, 6) is 0. The van der Waals surface area contributed by atoms with Gasteiger partial charge in [0.05, 0.1) is 19.3 Å². The minimum absolute atomic E-state index is 0.271. The van der Waals surface area contributed by atoms with Gasteiger partial charge in [0.15, 0.2) is 0 Å². The summed E-state index contributed by atoms with van der Waals surface area (Å²) in [6, 6.07) is 0. The maximum Gasteiger partial charge on any atom is 0.0935 e. The highest BCUT2D eigenvalue weighted by molar-refractivity contribution is 4.69. The molecule has 0 amide bonds. The molecule has 0 spiro atoms. The van der Waals surface area contributed by atoms with Crippen molar-refractivity contribution in [1.82, 2.24) is 10.2 Å². The molecule has 0 aromatic carbocycles. The molecule has 1 aliphatic rings. The van der Waals surface area contributed by atoms with Crippen molar-refractivity contribution in [3.8, 4) is 0 Å². The average Bonchev–Trinajstić information content (AvgIpc) is 2.34. The molecule has 16 heavy (non-hydrogen) atoms. The lowest BCUT2D eigenvalue weighted by atomic mass is 10.3. The highest BCUT2D eigenvalue weighted by Gasteiger charge is 2.18. The number of rotatable bonds is 8. The van der Waals surface area contributed by atoms with Gasteiger partial charge in [0.1, 0.15) is 0 Å². The molecule has 0 aromatic rings. The fraction of sp³-hybridized carbons (Fsp3) is 1.00. The number of likely N-dealkylation sites (N-methyl/N-ethyl adjacent to an activating group) is 1. The fourth-order valence-electron chi connectivity index (χ4n) is 1.86. The van der Waals surface area contributed by atoms with Crippen molar-refractivity contribution in [1.29, 1.82) is 0 Å². The monoisotopic (exact) mass is 230 g/mol. The Morgan fingerprint density at radius 1 is 1.44 bits per heavy atom. The second-order valence-electron chi connectivity index (χ2n) is 4.17. The van der Waals surface area contributed by atoms with E-state index in [0.29, 0.717) is 0 Å². The Morgan fingerprint density at radius 3 is 3.06 bits per heavy atom. The average molecular weight is 230 g/mol. The van der Waals surface area contributed by atoms with E-state index in [4.69, 9.17) is 9.47 Å². The van der Waals surface area contributed by atoms with Gasteiger partial charge < -0.3 is 14.8 Å². The van der Waals surface area contributed by atoms with Gasteiger partial charge in [-0.1, -0.05) is 13.8 Å². The van der Waals surface area contributed by atoms with Crippen molar-refractivity contribution in [2.45, 2.75) is 26.4 Å². The van der Waals surface area contributed by atoms with Crippen LogP contribution in [0.2, 0.25) is 0 Å². The van der Waals surface area contributed by atoms with Gasteiger partial charge in [-0.05, 0) is 26.1 Å². The minimum Gasteiger partial charge on any atom is -0.379 e. The molecule has 1 N–H and O–H groups in total. The maximum absolute atomic E-state index is 5.66. The molecule has 1 atom stereocenters. The first-order valence-corrected chi connectivity index (χ1v) is 6.49. The van der Waals surface area contributed by atoms with E-state index in [1.807, 2.05) is 0 Å². The number of hydrogen-bond acceptors (Lipinski definition) is 4. The van der Waals surface area contributed by atoms with Crippen molar-refractivity contribution in [2.24, 2.45) is 0 Å². The van der Waals surface area contributed by atoms with Crippen molar-refractivity contribution >= 4 is 0 Å². The minimum atomic E-state index is 0.271. The normalized spacial score (nSPS) is 22.5. The van der Waals surface area contributed by atoms with E-state index in [0.717, 1.165) is 59.0 Å². The summed E-state index contributed by atoms with van der Waals surface area (Å²) in [4.78, 5) is 2.41. The maximum atomic E-state index is 5.66. The molecule has 1 aliphatic heterocycles. The molecule has 1 rings (SSSR count). The van der Waals surface area contributed by atoms with E-state index in [9.17, 15) is 0 Å². The Balaban J connectivity index is 1.95. The van der Waals surface area contributed by atoms with Crippen molar-refractivity contribution in [2.75, 3.05) is 52.5 Å². The first-order chi connectivity index (χ1) is 7.86. The van der Waals surface area contributed by atoms with E-state index in [1.165, 1.54) is 0 Å². The van der Waals surface area contributed by atoms with Crippen LogP contribution in [0, 0.1) is 0 Å². The molecule has 0 aliphatic carbocycles. The Kier molecular flexibility index (Phi) is 7.76. The van der Waals surface area contributed by atoms with E-state index in [2.05, 4.69) is 24.1 Å². The zero-order valence-electron chi connectivity index (χ0n) is 10.7. The quantitative estimate of drug-likeness (QED) is 0.623. The van der Waals surface area contributed by atoms with Gasteiger partial charge in [0.2, 0.25) is 0 Å². The summed E-state index contributed by atoms with van der Waals surface area (Å²) >= 11 is 0. The molecule has 96 valence electrons. The molecule has 1 fully saturated rings. The molecular formula is C12H26N2O2. The Bertz CT molecular complexity index is 167. The van der Waals surface area contributed by atoms with E-state index in [1.54, 1.807) is 0 Å². The van der Waals surface area contributed by atoms with Gasteiger partial charge in [-0.25, -0.2) is 0 Å². The number of morpholine rings is 1. The Hall–Kier alpha value is -0.160. The predicted molar refractivity (Wildman–Crippen MR) is 65.8 cm³/mol. The highest BCUT2D eigenvalue weighted by Crippen LogP contribution is 2.05. The van der Waals surface area contributed by atoms with E-state index >= 15 is 0 Å². The molecule has 1 saturated heterocycles. The smallest absolute Gasteiger partial charge is 0.0935 e. The summed E-state index contributed by atoms with van der Waals surface area (Å²) < 4.78 is 11.3. The van der Waals surface area contributed by atoms with E-state index in [-0.39, 0.29) is 6.10 Å². The third-order valence-electron chi connectivity index (χ3n) is 2.87. The Morgan fingerprint density at radius 2 is 2.31 bits per heavy atom. The number of nitrogens with zero attached hydrogens (tertiary/aromatic N) is 1. The molecule has 0 aromatic heterocycles. The number of nitrogens with one attached hydrogen (secondary N) is 1. The van der Waals surface area contributed by atoms with Crippen molar-refractivity contribution < 1.29 is 9.47 Å². The predicted octanol–water partition coefficient (Wildman–Crippen LogP) is 0.723. The molecule has 4 nitrogen and oxygen atoms in total. The first-order valence-electron chi connectivity index (χ1n) is 6.49. The van der Waals surface area contributed by atoms with Gasteiger partial charge in [0.25, 0.3) is 0 Å². The molecule has 4 heteroatoms. The van der Waals surface area contributed by atoms with Crippen molar-refractivity contribution in [3.05, 3.63) is 0 Å². The third-order valence-corrected chi connectivity index (χ3v) is 2.87. The van der Waals surface area contributed by atoms with Crippen molar-refractivity contribution in [3.63, 3.8) is 0 Å². The van der Waals surface area contributed by atoms with Gasteiger partial charge in [-0.15, -0.1) is 0 Å². The van der Waals surface area contributed by atoms with Crippen LogP contribution >= 0.6 is 0 Å². The standard InChI is InChI=1S/C12H26N2O2/c1-3-13-6-5-8-15-11-12-10-14(4-2)7-9-16-12/h12-13H,3-11H2,1-2H3/t12-/m1/s1.